The van der Waals surface area contributed by atoms with Gasteiger partial charge in [-0.25, -0.2) is 0 Å². The first-order valence-electron chi connectivity index (χ1n) is 9.77. The van der Waals surface area contributed by atoms with Crippen LogP contribution in [0.15, 0.2) is 30.3 Å². The minimum atomic E-state index is 0.268. The van der Waals surface area contributed by atoms with Gasteiger partial charge in [0.15, 0.2) is 0 Å². The molecule has 0 saturated heterocycles. The normalized spacial score (nSPS) is 11.0. The average molecular weight is 344 g/mol. The summed E-state index contributed by atoms with van der Waals surface area (Å²) in [6, 6.07) is 9.41. The number of benzene rings is 2. The van der Waals surface area contributed by atoms with Crippen molar-refractivity contribution in [3.8, 4) is 17.2 Å². The van der Waals surface area contributed by atoms with Gasteiger partial charge in [-0.1, -0.05) is 52.4 Å². The predicted octanol–water partition coefficient (Wildman–Crippen LogP) is 6.46. The maximum Gasteiger partial charge on any atom is 0.127 e. The van der Waals surface area contributed by atoms with Crippen molar-refractivity contribution in [3.05, 3.63) is 30.3 Å². The van der Waals surface area contributed by atoms with Crippen LogP contribution in [-0.4, -0.2) is 18.3 Å². The summed E-state index contributed by atoms with van der Waals surface area (Å²) in [5, 5.41) is 11.9. The Morgan fingerprint density at radius 2 is 1.40 bits per heavy atom. The molecule has 0 aliphatic rings. The molecule has 2 aromatic carbocycles. The van der Waals surface area contributed by atoms with E-state index in [1.807, 2.05) is 24.3 Å². The Bertz CT molecular complexity index is 636. The molecule has 1 N–H and O–H groups in total. The molecule has 0 amide bonds. The molecule has 0 aromatic heterocycles. The standard InChI is InChI=1S/C22H32O3/c1-3-5-7-9-15-24-18-11-12-19-20(17-18)21(23)13-14-22(19)25-16-10-8-6-4-2/h11-14,17,23H,3-10,15-16H2,1-2H3. The number of ether oxygens (including phenoxy) is 2. The number of unbranched alkanes of at least 4 members (excludes halogenated alkanes) is 6. The topological polar surface area (TPSA) is 38.7 Å². The molecule has 0 fully saturated rings. The zero-order valence-electron chi connectivity index (χ0n) is 15.7. The molecule has 0 unspecified atom stereocenters. The van der Waals surface area contributed by atoms with Gasteiger partial charge in [-0.2, -0.15) is 0 Å². The molecule has 0 aliphatic heterocycles. The monoisotopic (exact) mass is 344 g/mol. The number of rotatable bonds is 12. The molecule has 0 spiro atoms. The lowest BCUT2D eigenvalue weighted by Gasteiger charge is -2.12. The van der Waals surface area contributed by atoms with Crippen molar-refractivity contribution < 1.29 is 14.6 Å². The summed E-state index contributed by atoms with van der Waals surface area (Å²) in [6.07, 6.45) is 9.48. The van der Waals surface area contributed by atoms with Crippen molar-refractivity contribution in [1.29, 1.82) is 0 Å². The zero-order chi connectivity index (χ0) is 17.9. The number of aromatic hydroxyl groups is 1. The third-order valence-corrected chi connectivity index (χ3v) is 4.45. The van der Waals surface area contributed by atoms with Crippen molar-refractivity contribution in [1.82, 2.24) is 0 Å². The molecule has 3 nitrogen and oxygen atoms in total. The molecule has 3 heteroatoms. The van der Waals surface area contributed by atoms with E-state index in [9.17, 15) is 5.11 Å². The zero-order valence-corrected chi connectivity index (χ0v) is 15.7. The Morgan fingerprint density at radius 1 is 0.720 bits per heavy atom. The first-order chi connectivity index (χ1) is 12.3. The van der Waals surface area contributed by atoms with Gasteiger partial charge in [-0.3, -0.25) is 0 Å². The van der Waals surface area contributed by atoms with Gasteiger partial charge in [-0.15, -0.1) is 0 Å². The van der Waals surface area contributed by atoms with Crippen LogP contribution in [0, 0.1) is 0 Å². The second-order valence-corrected chi connectivity index (χ2v) is 6.61. The second kappa shape index (κ2) is 10.9. The fourth-order valence-corrected chi connectivity index (χ4v) is 2.93. The highest BCUT2D eigenvalue weighted by Gasteiger charge is 2.08. The Labute approximate surface area is 152 Å². The summed E-state index contributed by atoms with van der Waals surface area (Å²) in [5.74, 6) is 1.91. The van der Waals surface area contributed by atoms with E-state index >= 15 is 0 Å². The highest BCUT2D eigenvalue weighted by molar-refractivity contribution is 5.94. The van der Waals surface area contributed by atoms with Crippen molar-refractivity contribution in [2.75, 3.05) is 13.2 Å². The van der Waals surface area contributed by atoms with Gasteiger partial charge in [-0.05, 0) is 43.2 Å². The lowest BCUT2D eigenvalue weighted by atomic mass is 10.1. The molecular weight excluding hydrogens is 312 g/mol. The van der Waals surface area contributed by atoms with Gasteiger partial charge in [0.25, 0.3) is 0 Å². The number of fused-ring (bicyclic) bond motifs is 1. The molecule has 0 bridgehead atoms. The van der Waals surface area contributed by atoms with Crippen LogP contribution in [0.1, 0.15) is 65.2 Å². The number of phenolic OH excluding ortho intramolecular Hbond substituents is 1. The molecule has 0 aliphatic carbocycles. The largest absolute Gasteiger partial charge is 0.507 e. The lowest BCUT2D eigenvalue weighted by molar-refractivity contribution is 0.304. The van der Waals surface area contributed by atoms with E-state index in [4.69, 9.17) is 9.47 Å². The highest BCUT2D eigenvalue weighted by Crippen LogP contribution is 2.35. The van der Waals surface area contributed by atoms with Crippen LogP contribution in [-0.2, 0) is 0 Å². The third-order valence-electron chi connectivity index (χ3n) is 4.45. The summed E-state index contributed by atoms with van der Waals surface area (Å²) in [4.78, 5) is 0. The Hall–Kier alpha value is -1.90. The fourth-order valence-electron chi connectivity index (χ4n) is 2.93. The van der Waals surface area contributed by atoms with E-state index in [1.54, 1.807) is 6.07 Å². The SMILES string of the molecule is CCCCCCOc1ccc2c(OCCCCCC)ccc(O)c2c1. The van der Waals surface area contributed by atoms with Crippen molar-refractivity contribution in [2.24, 2.45) is 0 Å². The first kappa shape index (κ1) is 19.4. The molecule has 0 heterocycles. The highest BCUT2D eigenvalue weighted by atomic mass is 16.5. The Morgan fingerprint density at radius 3 is 2.08 bits per heavy atom. The Balaban J connectivity index is 1.99. The molecule has 0 radical (unpaired) electrons. The molecule has 2 rings (SSSR count). The average Bonchev–Trinajstić information content (AvgIpc) is 2.63. The quantitative estimate of drug-likeness (QED) is 0.449. The number of hydrogen-bond donors (Lipinski definition) is 1. The van der Waals surface area contributed by atoms with Gasteiger partial charge in [0.1, 0.15) is 17.2 Å². The van der Waals surface area contributed by atoms with Crippen LogP contribution >= 0.6 is 0 Å². The van der Waals surface area contributed by atoms with E-state index < -0.39 is 0 Å². The maximum atomic E-state index is 10.2. The van der Waals surface area contributed by atoms with Crippen molar-refractivity contribution in [3.63, 3.8) is 0 Å². The molecule has 2 aromatic rings. The summed E-state index contributed by atoms with van der Waals surface area (Å²) in [6.45, 7) is 5.85. The second-order valence-electron chi connectivity index (χ2n) is 6.61. The van der Waals surface area contributed by atoms with Crippen LogP contribution in [0.3, 0.4) is 0 Å². The van der Waals surface area contributed by atoms with Gasteiger partial charge in [0.2, 0.25) is 0 Å². The molecular formula is C22H32O3. The summed E-state index contributed by atoms with van der Waals surface area (Å²) >= 11 is 0. The first-order valence-corrected chi connectivity index (χ1v) is 9.77. The van der Waals surface area contributed by atoms with Crippen LogP contribution in [0.5, 0.6) is 17.2 Å². The molecule has 138 valence electrons. The van der Waals surface area contributed by atoms with E-state index in [2.05, 4.69) is 13.8 Å². The summed E-state index contributed by atoms with van der Waals surface area (Å²) < 4.78 is 11.8. The number of phenols is 1. The van der Waals surface area contributed by atoms with Gasteiger partial charge < -0.3 is 14.6 Å². The number of hydrogen-bond acceptors (Lipinski definition) is 3. The van der Waals surface area contributed by atoms with Gasteiger partial charge in [0.05, 0.1) is 13.2 Å². The van der Waals surface area contributed by atoms with E-state index in [0.717, 1.165) is 48.3 Å². The molecule has 0 saturated carbocycles. The minimum absolute atomic E-state index is 0.268. The maximum absolute atomic E-state index is 10.2. The van der Waals surface area contributed by atoms with Crippen LogP contribution in [0.25, 0.3) is 10.8 Å². The Kier molecular flexibility index (Phi) is 8.44. The van der Waals surface area contributed by atoms with E-state index in [-0.39, 0.29) is 5.75 Å². The van der Waals surface area contributed by atoms with Crippen LogP contribution in [0.4, 0.5) is 0 Å². The summed E-state index contributed by atoms with van der Waals surface area (Å²) in [7, 11) is 0. The van der Waals surface area contributed by atoms with Crippen LogP contribution in [0.2, 0.25) is 0 Å². The molecule has 25 heavy (non-hydrogen) atoms. The lowest BCUT2D eigenvalue weighted by Crippen LogP contribution is -1.99. The van der Waals surface area contributed by atoms with Gasteiger partial charge >= 0.3 is 0 Å². The summed E-state index contributed by atoms with van der Waals surface area (Å²) in [5.41, 5.74) is 0. The van der Waals surface area contributed by atoms with Crippen LogP contribution < -0.4 is 9.47 Å². The fraction of sp³-hybridized carbons (Fsp3) is 0.545. The van der Waals surface area contributed by atoms with Gasteiger partial charge in [0, 0.05) is 10.8 Å². The van der Waals surface area contributed by atoms with Crippen molar-refractivity contribution >= 4 is 10.8 Å². The van der Waals surface area contributed by atoms with E-state index in [1.165, 1.54) is 38.5 Å². The van der Waals surface area contributed by atoms with E-state index in [0.29, 0.717) is 0 Å². The predicted molar refractivity (Wildman–Crippen MR) is 105 cm³/mol. The minimum Gasteiger partial charge on any atom is -0.507 e. The van der Waals surface area contributed by atoms with Crippen molar-refractivity contribution in [2.45, 2.75) is 65.2 Å². The molecule has 0 atom stereocenters. The third kappa shape index (κ3) is 6.15. The smallest absolute Gasteiger partial charge is 0.127 e.